The van der Waals surface area contributed by atoms with E-state index in [1.165, 1.54) is 59.3 Å². The molecule has 5 bridgehead atoms. The number of benzene rings is 2. The van der Waals surface area contributed by atoms with Crippen molar-refractivity contribution in [3.63, 3.8) is 0 Å². The van der Waals surface area contributed by atoms with Gasteiger partial charge < -0.3 is 54.3 Å². The number of anilines is 1. The second-order valence-corrected chi connectivity index (χ2v) is 16.7. The third kappa shape index (κ3) is 9.58. The highest BCUT2D eigenvalue weighted by Gasteiger charge is 2.50. The SMILES string of the molecule is COC1/C=C/OC2(C)Oc3c(C)c(O)c4c(O)c(cc(OCC(=O)N(C(C)C)C(C)C)c4c3C2=O)NC(=O)/C(C)=C/C=C/C(C)C(O)C(C)C(O)C(C)C(OC(C)=O)C1C. The molecule has 330 valence electrons. The second-order valence-electron chi connectivity index (χ2n) is 16.7. The predicted molar refractivity (Wildman–Crippen MR) is 225 cm³/mol. The first-order valence-corrected chi connectivity index (χ1v) is 20.3. The van der Waals surface area contributed by atoms with E-state index in [1.807, 2.05) is 27.7 Å². The standard InChI is InChI=1S/C45H62N2O13/c1-21(2)47(22(3)4)33(49)20-57-32-19-30-40(53)35-34(32)36-42(28(10)39(35)52)60-45(12,43(36)54)58-18-17-31(56-13)25(7)41(59-29(11)48)27(9)38(51)26(8)37(50)23(5)15-14-16-24(6)44(55)46-30/h14-19,21-23,25-27,31,37-38,41,50-53H,20H2,1-13H3,(H,46,55)/b15-14+,18-17+,24-16+. The van der Waals surface area contributed by atoms with Crippen molar-refractivity contribution in [2.45, 2.75) is 125 Å². The molecule has 5 N–H and O–H groups in total. The highest BCUT2D eigenvalue weighted by molar-refractivity contribution is 6.21. The first-order valence-electron chi connectivity index (χ1n) is 20.3. The summed E-state index contributed by atoms with van der Waals surface area (Å²) < 4.78 is 29.8. The molecule has 3 aliphatic heterocycles. The number of ether oxygens (including phenoxy) is 5. The quantitative estimate of drug-likeness (QED) is 0.159. The molecule has 0 saturated carbocycles. The number of hydrogen-bond acceptors (Lipinski definition) is 13. The predicted octanol–water partition coefficient (Wildman–Crippen LogP) is 6.07. The summed E-state index contributed by atoms with van der Waals surface area (Å²) in [5, 5.41) is 48.6. The summed E-state index contributed by atoms with van der Waals surface area (Å²) in [6, 6.07) is 0.928. The number of nitrogens with one attached hydrogen (secondary N) is 1. The van der Waals surface area contributed by atoms with Crippen LogP contribution in [-0.4, -0.2) is 105 Å². The fourth-order valence-corrected chi connectivity index (χ4v) is 8.13. The largest absolute Gasteiger partial charge is 0.507 e. The molecule has 0 saturated heterocycles. The van der Waals surface area contributed by atoms with Gasteiger partial charge in [-0.3, -0.25) is 19.2 Å². The van der Waals surface area contributed by atoms with E-state index in [9.17, 15) is 39.6 Å². The molecule has 9 atom stereocenters. The highest BCUT2D eigenvalue weighted by Crippen LogP contribution is 2.54. The van der Waals surface area contributed by atoms with E-state index in [4.69, 9.17) is 23.7 Å². The minimum atomic E-state index is -2.03. The number of carbonyl (C=O) groups is 4. The Morgan fingerprint density at radius 2 is 1.57 bits per heavy atom. The number of amides is 2. The van der Waals surface area contributed by atoms with Crippen LogP contribution in [0.15, 0.2) is 42.2 Å². The average Bonchev–Trinajstić information content (AvgIpc) is 3.44. The maximum absolute atomic E-state index is 14.5. The highest BCUT2D eigenvalue weighted by atomic mass is 16.7. The maximum atomic E-state index is 14.5. The lowest BCUT2D eigenvalue weighted by Crippen LogP contribution is -2.46. The van der Waals surface area contributed by atoms with Crippen molar-refractivity contribution in [1.82, 2.24) is 4.90 Å². The van der Waals surface area contributed by atoms with Gasteiger partial charge in [-0.25, -0.2) is 0 Å². The maximum Gasteiger partial charge on any atom is 0.312 e. The van der Waals surface area contributed by atoms with E-state index in [2.05, 4.69) is 5.32 Å². The molecule has 3 heterocycles. The summed E-state index contributed by atoms with van der Waals surface area (Å²) in [5.74, 6) is -8.06. The Morgan fingerprint density at radius 3 is 2.15 bits per heavy atom. The van der Waals surface area contributed by atoms with Gasteiger partial charge in [0.15, 0.2) is 12.4 Å². The van der Waals surface area contributed by atoms with Crippen molar-refractivity contribution >= 4 is 40.0 Å². The summed E-state index contributed by atoms with van der Waals surface area (Å²) in [7, 11) is 1.44. The number of allylic oxidation sites excluding steroid dienone is 2. The second kappa shape index (κ2) is 19.1. The number of carbonyl (C=O) groups excluding carboxylic acids is 4. The van der Waals surface area contributed by atoms with E-state index in [0.29, 0.717) is 0 Å². The van der Waals surface area contributed by atoms with Crippen molar-refractivity contribution in [2.24, 2.45) is 23.7 Å². The van der Waals surface area contributed by atoms with Crippen LogP contribution in [0.2, 0.25) is 0 Å². The van der Waals surface area contributed by atoms with Gasteiger partial charge in [-0.15, -0.1) is 0 Å². The number of aromatic hydroxyl groups is 2. The number of esters is 1. The van der Waals surface area contributed by atoms with Gasteiger partial charge in [0.2, 0.25) is 0 Å². The molecule has 60 heavy (non-hydrogen) atoms. The molecular weight excluding hydrogens is 776 g/mol. The summed E-state index contributed by atoms with van der Waals surface area (Å²) in [6.07, 6.45) is 3.59. The van der Waals surface area contributed by atoms with Crippen LogP contribution in [0.1, 0.15) is 92.1 Å². The molecule has 9 unspecified atom stereocenters. The third-order valence-electron chi connectivity index (χ3n) is 11.6. The number of Topliss-reactive ketones (excluding diaryl/α,β-unsaturated/α-hetero) is 1. The molecule has 2 amide bonds. The Bertz CT molecular complexity index is 2050. The van der Waals surface area contributed by atoms with Gasteiger partial charge in [0.05, 0.1) is 41.2 Å². The van der Waals surface area contributed by atoms with Crippen LogP contribution in [0.25, 0.3) is 10.8 Å². The number of phenols is 2. The molecule has 15 nitrogen and oxygen atoms in total. The fourth-order valence-electron chi connectivity index (χ4n) is 8.13. The molecule has 2 aromatic carbocycles. The number of fused-ring (bicyclic) bond motifs is 14. The molecule has 3 aliphatic rings. The van der Waals surface area contributed by atoms with Crippen molar-refractivity contribution in [1.29, 1.82) is 0 Å². The number of rotatable bonds is 7. The van der Waals surface area contributed by atoms with Crippen LogP contribution >= 0.6 is 0 Å². The lowest BCUT2D eigenvalue weighted by atomic mass is 9.78. The zero-order chi connectivity index (χ0) is 45.1. The number of methoxy groups -OCH3 is 1. The Morgan fingerprint density at radius 1 is 0.933 bits per heavy atom. The molecule has 0 fully saturated rings. The van der Waals surface area contributed by atoms with Crippen LogP contribution in [-0.2, 0) is 28.6 Å². The monoisotopic (exact) mass is 838 g/mol. The van der Waals surface area contributed by atoms with Crippen molar-refractivity contribution < 1.29 is 63.3 Å². The first kappa shape index (κ1) is 47.6. The fraction of sp³-hybridized carbons (Fsp3) is 0.556. The Kier molecular flexibility index (Phi) is 15.1. The van der Waals surface area contributed by atoms with Gasteiger partial charge in [0.1, 0.15) is 23.4 Å². The molecule has 0 radical (unpaired) electrons. The van der Waals surface area contributed by atoms with Crippen LogP contribution < -0.4 is 14.8 Å². The van der Waals surface area contributed by atoms with E-state index in [-0.39, 0.29) is 62.6 Å². The lowest BCUT2D eigenvalue weighted by Gasteiger charge is -2.38. The van der Waals surface area contributed by atoms with Gasteiger partial charge in [0, 0.05) is 79.3 Å². The van der Waals surface area contributed by atoms with Gasteiger partial charge in [-0.2, -0.15) is 0 Å². The summed E-state index contributed by atoms with van der Waals surface area (Å²) in [5.41, 5.74) is -0.0187. The molecule has 2 aromatic rings. The zero-order valence-electron chi connectivity index (χ0n) is 36.9. The summed E-state index contributed by atoms with van der Waals surface area (Å²) in [6.45, 7) is 19.5. The van der Waals surface area contributed by atoms with Crippen molar-refractivity contribution in [3.05, 3.63) is 53.3 Å². The molecule has 15 heteroatoms. The van der Waals surface area contributed by atoms with E-state index in [1.54, 1.807) is 44.7 Å². The minimum Gasteiger partial charge on any atom is -0.507 e. The van der Waals surface area contributed by atoms with Crippen LogP contribution in [0.4, 0.5) is 5.69 Å². The van der Waals surface area contributed by atoms with Gasteiger partial charge in [-0.1, -0.05) is 45.9 Å². The van der Waals surface area contributed by atoms with Crippen LogP contribution in [0.3, 0.4) is 0 Å². The van der Waals surface area contributed by atoms with Gasteiger partial charge in [0.25, 0.3) is 17.6 Å². The molecular formula is C45H62N2O13. The summed E-state index contributed by atoms with van der Waals surface area (Å²) in [4.78, 5) is 55.6. The lowest BCUT2D eigenvalue weighted by molar-refractivity contribution is -0.160. The Labute approximate surface area is 352 Å². The molecule has 5 rings (SSSR count). The van der Waals surface area contributed by atoms with E-state index in [0.717, 1.165) is 0 Å². The smallest absolute Gasteiger partial charge is 0.312 e. The van der Waals surface area contributed by atoms with Crippen molar-refractivity contribution in [2.75, 3.05) is 19.0 Å². The zero-order valence-corrected chi connectivity index (χ0v) is 36.9. The average molecular weight is 839 g/mol. The van der Waals surface area contributed by atoms with Crippen molar-refractivity contribution in [3.8, 4) is 23.0 Å². The van der Waals surface area contributed by atoms with E-state index >= 15 is 0 Å². The number of nitrogens with zero attached hydrogens (tertiary/aromatic N) is 1. The third-order valence-corrected chi connectivity index (χ3v) is 11.6. The number of ketones is 1. The summed E-state index contributed by atoms with van der Waals surface area (Å²) >= 11 is 0. The molecule has 0 aromatic heterocycles. The van der Waals surface area contributed by atoms with E-state index < -0.39 is 89.6 Å². The molecule has 0 aliphatic carbocycles. The Hall–Kier alpha value is -5.12. The normalized spacial score (nSPS) is 29.7. The number of hydrogen-bond donors (Lipinski definition) is 5. The van der Waals surface area contributed by atoms with Gasteiger partial charge in [-0.05, 0) is 47.6 Å². The first-order chi connectivity index (χ1) is 28.0. The number of aliphatic hydroxyl groups excluding tert-OH is 2. The minimum absolute atomic E-state index is 0.0599. The Balaban J connectivity index is 1.95. The molecule has 0 spiro atoms. The number of phenolic OH excluding ortho intramolecular Hbond substituents is 2. The number of aliphatic hydroxyl groups is 2. The van der Waals surface area contributed by atoms with Gasteiger partial charge >= 0.3 is 11.8 Å². The van der Waals surface area contributed by atoms with Crippen LogP contribution in [0.5, 0.6) is 23.0 Å². The van der Waals surface area contributed by atoms with Crippen LogP contribution in [0, 0.1) is 30.6 Å². The topological polar surface area (TPSA) is 211 Å².